The van der Waals surface area contributed by atoms with E-state index in [1.54, 1.807) is 0 Å². The fourth-order valence-electron chi connectivity index (χ4n) is 1.04. The van der Waals surface area contributed by atoms with Gasteiger partial charge in [-0.05, 0) is 12.1 Å². The first kappa shape index (κ1) is 11.8. The second-order valence-electron chi connectivity index (χ2n) is 2.98. The van der Waals surface area contributed by atoms with Crippen LogP contribution in [-0.4, -0.2) is 27.8 Å². The van der Waals surface area contributed by atoms with Gasteiger partial charge in [-0.3, -0.25) is 19.7 Å². The number of carboxylic acid groups (broad SMARTS) is 1. The second kappa shape index (κ2) is 4.49. The first-order valence-corrected chi connectivity index (χ1v) is 4.20. The van der Waals surface area contributed by atoms with Crippen LogP contribution in [0.2, 0.25) is 0 Å². The molecule has 0 aliphatic rings. The van der Waals surface area contributed by atoms with Crippen LogP contribution in [0, 0.1) is 10.1 Å². The molecule has 0 radical (unpaired) electrons. The molecular weight excluding hydrogens is 216 g/mol. The molecule has 84 valence electrons. The van der Waals surface area contributed by atoms with E-state index in [0.717, 1.165) is 12.1 Å². The van der Waals surface area contributed by atoms with Crippen molar-refractivity contribution >= 4 is 17.4 Å². The molecule has 0 saturated carbocycles. The quantitative estimate of drug-likeness (QED) is 0.325. The molecule has 0 aliphatic heterocycles. The van der Waals surface area contributed by atoms with Crippen LogP contribution in [0.15, 0.2) is 24.3 Å². The number of hydrogen-bond donors (Lipinski definition) is 2. The average Bonchev–Trinajstić information content (AvgIpc) is 2.27. The maximum atomic E-state index is 11.4. The summed E-state index contributed by atoms with van der Waals surface area (Å²) in [6.45, 7) is 0. The summed E-state index contributed by atoms with van der Waals surface area (Å²) in [5.74, 6) is -2.23. The van der Waals surface area contributed by atoms with E-state index >= 15 is 0 Å². The highest BCUT2D eigenvalue weighted by Crippen LogP contribution is 2.12. The Hall–Kier alpha value is -2.28. The van der Waals surface area contributed by atoms with Gasteiger partial charge in [0.25, 0.3) is 5.69 Å². The Balaban J connectivity index is 2.94. The predicted octanol–water partition coefficient (Wildman–Crippen LogP) is 0.189. The topological polar surface area (TPSA) is 124 Å². The minimum absolute atomic E-state index is 0.0282. The summed E-state index contributed by atoms with van der Waals surface area (Å²) in [5.41, 5.74) is 4.96. The van der Waals surface area contributed by atoms with Gasteiger partial charge in [0.05, 0.1) is 4.92 Å². The molecule has 1 unspecified atom stereocenters. The Bertz CT molecular complexity index is 440. The maximum Gasteiger partial charge on any atom is 0.328 e. The average molecular weight is 224 g/mol. The molecule has 0 aliphatic carbocycles. The summed E-state index contributed by atoms with van der Waals surface area (Å²) in [6, 6.07) is 2.91. The molecular formula is C9H8N2O5. The number of rotatable bonds is 4. The number of carbonyl (C=O) groups is 2. The number of aliphatic carboxylic acids is 1. The van der Waals surface area contributed by atoms with E-state index in [1.165, 1.54) is 12.1 Å². The highest BCUT2D eigenvalue weighted by molar-refractivity contribution is 6.11. The van der Waals surface area contributed by atoms with Crippen molar-refractivity contribution in [2.24, 2.45) is 5.73 Å². The molecule has 1 atom stereocenters. The number of nitrogens with two attached hydrogens (primary N) is 1. The van der Waals surface area contributed by atoms with Crippen LogP contribution < -0.4 is 5.73 Å². The zero-order valence-corrected chi connectivity index (χ0v) is 7.99. The van der Waals surface area contributed by atoms with E-state index < -0.39 is 22.7 Å². The molecule has 7 heteroatoms. The lowest BCUT2D eigenvalue weighted by atomic mass is 10.0. The predicted molar refractivity (Wildman–Crippen MR) is 53.0 cm³/mol. The highest BCUT2D eigenvalue weighted by Gasteiger charge is 2.22. The monoisotopic (exact) mass is 224 g/mol. The molecule has 0 spiro atoms. The Labute approximate surface area is 89.6 Å². The van der Waals surface area contributed by atoms with Crippen LogP contribution >= 0.6 is 0 Å². The molecule has 1 rings (SSSR count). The minimum Gasteiger partial charge on any atom is -0.480 e. The largest absolute Gasteiger partial charge is 0.480 e. The third kappa shape index (κ3) is 2.39. The van der Waals surface area contributed by atoms with Crippen molar-refractivity contribution in [3.05, 3.63) is 39.9 Å². The van der Waals surface area contributed by atoms with E-state index in [0.29, 0.717) is 0 Å². The summed E-state index contributed by atoms with van der Waals surface area (Å²) in [6.07, 6.45) is 0. The van der Waals surface area contributed by atoms with Crippen molar-refractivity contribution in [3.8, 4) is 0 Å². The fourth-order valence-corrected chi connectivity index (χ4v) is 1.04. The van der Waals surface area contributed by atoms with Crippen molar-refractivity contribution in [2.75, 3.05) is 0 Å². The number of nitro benzene ring substituents is 1. The molecule has 3 N–H and O–H groups in total. The number of hydrogen-bond acceptors (Lipinski definition) is 5. The summed E-state index contributed by atoms with van der Waals surface area (Å²) in [4.78, 5) is 31.5. The number of carbonyl (C=O) groups excluding carboxylic acids is 1. The summed E-state index contributed by atoms with van der Waals surface area (Å²) < 4.78 is 0. The number of carboxylic acids is 1. The molecule has 0 fully saturated rings. The zero-order chi connectivity index (χ0) is 12.3. The van der Waals surface area contributed by atoms with Gasteiger partial charge >= 0.3 is 5.97 Å². The molecule has 0 aromatic heterocycles. The van der Waals surface area contributed by atoms with Crippen molar-refractivity contribution < 1.29 is 19.6 Å². The molecule has 0 saturated heterocycles. The number of nitro groups is 1. The lowest BCUT2D eigenvalue weighted by molar-refractivity contribution is -0.384. The standard InChI is InChI=1S/C9H8N2O5/c10-7(9(13)14)8(12)5-1-3-6(4-2-5)11(15)16/h1-4,7H,10H2,(H,13,14). The lowest BCUT2D eigenvalue weighted by Gasteiger charge is -2.04. The Morgan fingerprint density at radius 2 is 1.81 bits per heavy atom. The van der Waals surface area contributed by atoms with Crippen LogP contribution in [0.4, 0.5) is 5.69 Å². The van der Waals surface area contributed by atoms with E-state index in [9.17, 15) is 19.7 Å². The van der Waals surface area contributed by atoms with Gasteiger partial charge in [-0.15, -0.1) is 0 Å². The molecule has 1 aromatic carbocycles. The minimum atomic E-state index is -1.65. The van der Waals surface area contributed by atoms with Crippen molar-refractivity contribution in [2.45, 2.75) is 6.04 Å². The number of nitrogens with zero attached hydrogens (tertiary/aromatic N) is 1. The van der Waals surface area contributed by atoms with Gasteiger partial charge < -0.3 is 10.8 Å². The molecule has 0 bridgehead atoms. The third-order valence-electron chi connectivity index (χ3n) is 1.91. The smallest absolute Gasteiger partial charge is 0.328 e. The highest BCUT2D eigenvalue weighted by atomic mass is 16.6. The van der Waals surface area contributed by atoms with Gasteiger partial charge in [0.15, 0.2) is 11.8 Å². The zero-order valence-electron chi connectivity index (χ0n) is 7.99. The van der Waals surface area contributed by atoms with E-state index in [-0.39, 0.29) is 11.3 Å². The molecule has 7 nitrogen and oxygen atoms in total. The van der Waals surface area contributed by atoms with Gasteiger partial charge in [0.1, 0.15) is 0 Å². The SMILES string of the molecule is NC(C(=O)O)C(=O)c1ccc([N+](=O)[O-])cc1. The van der Waals surface area contributed by atoms with Gasteiger partial charge in [0.2, 0.25) is 0 Å². The van der Waals surface area contributed by atoms with E-state index in [1.807, 2.05) is 0 Å². The van der Waals surface area contributed by atoms with Crippen LogP contribution in [0.1, 0.15) is 10.4 Å². The van der Waals surface area contributed by atoms with Gasteiger partial charge in [-0.1, -0.05) is 0 Å². The van der Waals surface area contributed by atoms with Crippen LogP contribution in [0.5, 0.6) is 0 Å². The molecule has 0 amide bonds. The number of Topliss-reactive ketones (excluding diaryl/α,β-unsaturated/α-hetero) is 1. The van der Waals surface area contributed by atoms with E-state index in [2.05, 4.69) is 0 Å². The van der Waals surface area contributed by atoms with Crippen LogP contribution in [-0.2, 0) is 4.79 Å². The summed E-state index contributed by atoms with van der Waals surface area (Å²) in [7, 11) is 0. The van der Waals surface area contributed by atoms with Gasteiger partial charge in [0, 0.05) is 17.7 Å². The Morgan fingerprint density at radius 3 is 2.19 bits per heavy atom. The van der Waals surface area contributed by atoms with Crippen LogP contribution in [0.3, 0.4) is 0 Å². The number of benzene rings is 1. The van der Waals surface area contributed by atoms with Crippen LogP contribution in [0.25, 0.3) is 0 Å². The number of ketones is 1. The summed E-state index contributed by atoms with van der Waals surface area (Å²) >= 11 is 0. The lowest BCUT2D eigenvalue weighted by Crippen LogP contribution is -2.38. The molecule has 16 heavy (non-hydrogen) atoms. The first-order valence-electron chi connectivity index (χ1n) is 4.20. The van der Waals surface area contributed by atoms with Crippen molar-refractivity contribution in [1.82, 2.24) is 0 Å². The number of non-ortho nitro benzene ring substituents is 1. The Morgan fingerprint density at radius 1 is 1.31 bits per heavy atom. The van der Waals surface area contributed by atoms with Crippen molar-refractivity contribution in [3.63, 3.8) is 0 Å². The third-order valence-corrected chi connectivity index (χ3v) is 1.91. The van der Waals surface area contributed by atoms with E-state index in [4.69, 9.17) is 10.8 Å². The van der Waals surface area contributed by atoms with Gasteiger partial charge in [-0.25, -0.2) is 0 Å². The maximum absolute atomic E-state index is 11.4. The van der Waals surface area contributed by atoms with Gasteiger partial charge in [-0.2, -0.15) is 0 Å². The molecule has 1 aromatic rings. The fraction of sp³-hybridized carbons (Fsp3) is 0.111. The second-order valence-corrected chi connectivity index (χ2v) is 2.98. The van der Waals surface area contributed by atoms with Crippen molar-refractivity contribution in [1.29, 1.82) is 0 Å². The first-order chi connectivity index (χ1) is 7.43. The Kier molecular flexibility index (Phi) is 3.31. The summed E-state index contributed by atoms with van der Waals surface area (Å²) in [5, 5.41) is 18.8. The normalized spacial score (nSPS) is 11.8. The molecule has 0 heterocycles.